The van der Waals surface area contributed by atoms with Crippen LogP contribution in [0.3, 0.4) is 0 Å². The average Bonchev–Trinajstić information content (AvgIpc) is 2.26. The van der Waals surface area contributed by atoms with E-state index < -0.39 is 0 Å². The Morgan fingerprint density at radius 1 is 1.44 bits per heavy atom. The Kier molecular flexibility index (Phi) is 5.43. The molecule has 0 amide bonds. The smallest absolute Gasteiger partial charge is 0.0578 e. The van der Waals surface area contributed by atoms with Crippen LogP contribution in [-0.2, 0) is 6.54 Å². The number of hydrogen-bond donors (Lipinski definition) is 1. The van der Waals surface area contributed by atoms with Crippen LogP contribution >= 0.6 is 0 Å². The van der Waals surface area contributed by atoms with Gasteiger partial charge in [0.2, 0.25) is 0 Å². The van der Waals surface area contributed by atoms with E-state index in [1.165, 1.54) is 5.56 Å². The van der Waals surface area contributed by atoms with E-state index in [-0.39, 0.29) is 6.61 Å². The maximum Gasteiger partial charge on any atom is 0.0578 e. The number of aliphatic hydroxyl groups excluding tert-OH is 1. The van der Waals surface area contributed by atoms with Gasteiger partial charge in [-0.05, 0) is 44.5 Å². The molecule has 1 aromatic heterocycles. The first-order chi connectivity index (χ1) is 7.69. The standard InChI is InChI=1S/C13H22N2O/c1-4-11(7-9-16)12-6-5-8-14-13(12)10-15(2)3/h5-6,8,11,16H,4,7,9-10H2,1-3H3. The molecule has 0 fully saturated rings. The first-order valence-corrected chi connectivity index (χ1v) is 5.88. The zero-order valence-corrected chi connectivity index (χ0v) is 10.5. The second-order valence-corrected chi connectivity index (χ2v) is 4.39. The molecule has 16 heavy (non-hydrogen) atoms. The molecule has 1 unspecified atom stereocenters. The van der Waals surface area contributed by atoms with Crippen molar-refractivity contribution in [2.24, 2.45) is 0 Å². The molecule has 0 saturated heterocycles. The van der Waals surface area contributed by atoms with Crippen LogP contribution in [0.25, 0.3) is 0 Å². The second-order valence-electron chi connectivity index (χ2n) is 4.39. The van der Waals surface area contributed by atoms with Gasteiger partial charge in [-0.1, -0.05) is 13.0 Å². The minimum atomic E-state index is 0.245. The van der Waals surface area contributed by atoms with Crippen LogP contribution in [0.2, 0.25) is 0 Å². The summed E-state index contributed by atoms with van der Waals surface area (Å²) in [4.78, 5) is 6.57. The van der Waals surface area contributed by atoms with Crippen LogP contribution in [0, 0.1) is 0 Å². The summed E-state index contributed by atoms with van der Waals surface area (Å²) in [5.74, 6) is 0.425. The highest BCUT2D eigenvalue weighted by Crippen LogP contribution is 2.25. The lowest BCUT2D eigenvalue weighted by Crippen LogP contribution is -2.15. The summed E-state index contributed by atoms with van der Waals surface area (Å²) in [7, 11) is 4.09. The fraction of sp³-hybridized carbons (Fsp3) is 0.615. The quantitative estimate of drug-likeness (QED) is 0.800. The molecule has 0 aromatic carbocycles. The second kappa shape index (κ2) is 6.61. The van der Waals surface area contributed by atoms with Crippen molar-refractivity contribution < 1.29 is 5.11 Å². The summed E-state index contributed by atoms with van der Waals surface area (Å²) in [6, 6.07) is 4.12. The lowest BCUT2D eigenvalue weighted by atomic mass is 9.92. The predicted molar refractivity (Wildman–Crippen MR) is 66.4 cm³/mol. The minimum absolute atomic E-state index is 0.245. The van der Waals surface area contributed by atoms with Crippen molar-refractivity contribution >= 4 is 0 Å². The van der Waals surface area contributed by atoms with E-state index in [2.05, 4.69) is 22.9 Å². The van der Waals surface area contributed by atoms with Gasteiger partial charge in [0.1, 0.15) is 0 Å². The van der Waals surface area contributed by atoms with E-state index in [4.69, 9.17) is 5.11 Å². The number of rotatable bonds is 6. The van der Waals surface area contributed by atoms with Crippen molar-refractivity contribution in [1.29, 1.82) is 0 Å². The average molecular weight is 222 g/mol. The lowest BCUT2D eigenvalue weighted by Gasteiger charge is -2.19. The predicted octanol–water partition coefficient (Wildman–Crippen LogP) is 2.02. The normalized spacial score (nSPS) is 13.1. The van der Waals surface area contributed by atoms with Crippen molar-refractivity contribution in [1.82, 2.24) is 9.88 Å². The zero-order valence-electron chi connectivity index (χ0n) is 10.5. The fourth-order valence-electron chi connectivity index (χ4n) is 1.99. The van der Waals surface area contributed by atoms with Crippen LogP contribution in [-0.4, -0.2) is 35.7 Å². The maximum atomic E-state index is 9.07. The van der Waals surface area contributed by atoms with Crippen molar-refractivity contribution in [2.75, 3.05) is 20.7 Å². The SMILES string of the molecule is CCC(CCO)c1cccnc1CN(C)C. The van der Waals surface area contributed by atoms with Crippen LogP contribution in [0.4, 0.5) is 0 Å². The highest BCUT2D eigenvalue weighted by atomic mass is 16.3. The van der Waals surface area contributed by atoms with Crippen molar-refractivity contribution in [3.8, 4) is 0 Å². The summed E-state index contributed by atoms with van der Waals surface area (Å²) in [5, 5.41) is 9.07. The van der Waals surface area contributed by atoms with E-state index in [0.717, 1.165) is 25.1 Å². The maximum absolute atomic E-state index is 9.07. The third-order valence-corrected chi connectivity index (χ3v) is 2.80. The summed E-state index contributed by atoms with van der Waals surface area (Å²) in [5.41, 5.74) is 2.42. The molecule has 0 aliphatic carbocycles. The third-order valence-electron chi connectivity index (χ3n) is 2.80. The van der Waals surface area contributed by atoms with Gasteiger partial charge in [0, 0.05) is 19.3 Å². The molecule has 0 spiro atoms. The molecule has 0 aliphatic heterocycles. The van der Waals surface area contributed by atoms with Crippen LogP contribution < -0.4 is 0 Å². The van der Waals surface area contributed by atoms with Crippen molar-refractivity contribution in [2.45, 2.75) is 32.2 Å². The summed E-state index contributed by atoms with van der Waals surface area (Å²) < 4.78 is 0. The summed E-state index contributed by atoms with van der Waals surface area (Å²) in [6.45, 7) is 3.26. The van der Waals surface area contributed by atoms with Gasteiger partial charge in [-0.3, -0.25) is 4.98 Å². The van der Waals surface area contributed by atoms with Gasteiger partial charge in [0.15, 0.2) is 0 Å². The van der Waals surface area contributed by atoms with Crippen molar-refractivity contribution in [3.63, 3.8) is 0 Å². The first-order valence-electron chi connectivity index (χ1n) is 5.88. The Morgan fingerprint density at radius 2 is 2.19 bits per heavy atom. The van der Waals surface area contributed by atoms with Gasteiger partial charge >= 0.3 is 0 Å². The fourth-order valence-corrected chi connectivity index (χ4v) is 1.99. The molecule has 0 bridgehead atoms. The van der Waals surface area contributed by atoms with E-state index in [9.17, 15) is 0 Å². The minimum Gasteiger partial charge on any atom is -0.396 e. The van der Waals surface area contributed by atoms with E-state index in [0.29, 0.717) is 5.92 Å². The number of nitrogens with zero attached hydrogens (tertiary/aromatic N) is 2. The molecule has 1 heterocycles. The monoisotopic (exact) mass is 222 g/mol. The number of hydrogen-bond acceptors (Lipinski definition) is 3. The van der Waals surface area contributed by atoms with E-state index >= 15 is 0 Å². The lowest BCUT2D eigenvalue weighted by molar-refractivity contribution is 0.273. The Balaban J connectivity index is 2.91. The molecule has 3 heteroatoms. The number of aromatic nitrogens is 1. The molecule has 1 rings (SSSR count). The number of aliphatic hydroxyl groups is 1. The number of pyridine rings is 1. The first kappa shape index (κ1) is 13.1. The molecule has 1 atom stereocenters. The summed E-state index contributed by atoms with van der Waals surface area (Å²) >= 11 is 0. The third kappa shape index (κ3) is 3.58. The van der Waals surface area contributed by atoms with Crippen LogP contribution in [0.15, 0.2) is 18.3 Å². The summed E-state index contributed by atoms with van der Waals surface area (Å²) in [6.07, 6.45) is 3.71. The largest absolute Gasteiger partial charge is 0.396 e. The van der Waals surface area contributed by atoms with Gasteiger partial charge in [-0.25, -0.2) is 0 Å². The van der Waals surface area contributed by atoms with Gasteiger partial charge in [0.05, 0.1) is 5.69 Å². The molecular formula is C13H22N2O. The van der Waals surface area contributed by atoms with Gasteiger partial charge in [-0.15, -0.1) is 0 Å². The van der Waals surface area contributed by atoms with Gasteiger partial charge in [-0.2, -0.15) is 0 Å². The van der Waals surface area contributed by atoms with E-state index in [1.807, 2.05) is 26.4 Å². The highest BCUT2D eigenvalue weighted by Gasteiger charge is 2.14. The van der Waals surface area contributed by atoms with Crippen molar-refractivity contribution in [3.05, 3.63) is 29.6 Å². The Hall–Kier alpha value is -0.930. The topological polar surface area (TPSA) is 36.4 Å². The van der Waals surface area contributed by atoms with Gasteiger partial charge < -0.3 is 10.0 Å². The molecule has 0 aliphatic rings. The van der Waals surface area contributed by atoms with E-state index in [1.54, 1.807) is 0 Å². The molecule has 3 nitrogen and oxygen atoms in total. The van der Waals surface area contributed by atoms with Gasteiger partial charge in [0.25, 0.3) is 0 Å². The van der Waals surface area contributed by atoms with Crippen LogP contribution in [0.5, 0.6) is 0 Å². The molecule has 1 N–H and O–H groups in total. The van der Waals surface area contributed by atoms with Crippen LogP contribution in [0.1, 0.15) is 36.9 Å². The zero-order chi connectivity index (χ0) is 12.0. The Morgan fingerprint density at radius 3 is 2.75 bits per heavy atom. The Bertz CT molecular complexity index is 313. The molecule has 90 valence electrons. The molecule has 0 saturated carbocycles. The Labute approximate surface area is 98.1 Å². The highest BCUT2D eigenvalue weighted by molar-refractivity contribution is 5.24. The molecule has 1 aromatic rings. The molecule has 0 radical (unpaired) electrons. The molecular weight excluding hydrogens is 200 g/mol.